The molecule has 1 saturated heterocycles. The lowest BCUT2D eigenvalue weighted by Crippen LogP contribution is -2.31. The number of hydrogen-bond donors (Lipinski definition) is 1. The van der Waals surface area contributed by atoms with E-state index >= 15 is 0 Å². The number of benzene rings is 3. The van der Waals surface area contributed by atoms with Gasteiger partial charge in [0.25, 0.3) is 11.8 Å². The number of amides is 2. The van der Waals surface area contributed by atoms with Crippen molar-refractivity contribution < 1.29 is 19.1 Å². The zero-order valence-corrected chi connectivity index (χ0v) is 23.3. The molecule has 0 unspecified atom stereocenters. The Balaban J connectivity index is 1.48. The molecule has 9 heteroatoms. The molecule has 2 amide bonds. The average molecular weight is 586 g/mol. The maximum atomic E-state index is 12.8. The van der Waals surface area contributed by atoms with E-state index in [0.29, 0.717) is 37.7 Å². The van der Waals surface area contributed by atoms with E-state index in [-0.39, 0.29) is 18.4 Å². The Morgan fingerprint density at radius 3 is 2.67 bits per heavy atom. The van der Waals surface area contributed by atoms with Crippen molar-refractivity contribution >= 4 is 78.6 Å². The van der Waals surface area contributed by atoms with Gasteiger partial charge >= 0.3 is 0 Å². The van der Waals surface area contributed by atoms with Crippen LogP contribution in [0.5, 0.6) is 11.5 Å². The van der Waals surface area contributed by atoms with Crippen LogP contribution in [-0.4, -0.2) is 41.3 Å². The summed E-state index contributed by atoms with van der Waals surface area (Å²) in [4.78, 5) is 27.6. The minimum atomic E-state index is -0.289. The molecule has 0 aromatic heterocycles. The van der Waals surface area contributed by atoms with Crippen LogP contribution in [0.2, 0.25) is 0 Å². The Morgan fingerprint density at radius 1 is 1.17 bits per heavy atom. The summed E-state index contributed by atoms with van der Waals surface area (Å²) in [5.74, 6) is 0.771. The second-order valence-electron chi connectivity index (χ2n) is 8.57. The third-order valence-corrected chi connectivity index (χ3v) is 7.48. The molecule has 36 heavy (non-hydrogen) atoms. The normalized spacial score (nSPS) is 14.7. The van der Waals surface area contributed by atoms with Gasteiger partial charge in [-0.2, -0.15) is 0 Å². The number of carbonyl (C=O) groups is 2. The summed E-state index contributed by atoms with van der Waals surface area (Å²) in [7, 11) is 1.53. The summed E-state index contributed by atoms with van der Waals surface area (Å²) >= 11 is 10.2. The van der Waals surface area contributed by atoms with Crippen molar-refractivity contribution in [2.45, 2.75) is 13.8 Å². The van der Waals surface area contributed by atoms with E-state index in [1.807, 2.05) is 56.3 Å². The Labute approximate surface area is 228 Å². The Hall–Kier alpha value is -2.88. The van der Waals surface area contributed by atoms with Crippen LogP contribution >= 0.6 is 39.9 Å². The highest BCUT2D eigenvalue weighted by atomic mass is 79.9. The molecule has 0 bridgehead atoms. The standard InChI is InChI=1S/C27H25BrN2O4S2/c1-16(2)14-30-26(32)24(36-27(30)35)12-18-11-22(33-3)23(13-20(18)28)34-15-25(31)29-21-10-6-8-17-7-4-5-9-19(17)21/h4-13,16H,14-15H2,1-3H3,(H,29,31). The molecular formula is C27H25BrN2O4S2. The number of ether oxygens (including phenoxy) is 2. The summed E-state index contributed by atoms with van der Waals surface area (Å²) in [5, 5.41) is 4.91. The molecule has 0 radical (unpaired) electrons. The number of fused-ring (bicyclic) bond motifs is 1. The molecule has 0 atom stereocenters. The van der Waals surface area contributed by atoms with E-state index in [0.717, 1.165) is 22.0 Å². The molecule has 1 heterocycles. The topological polar surface area (TPSA) is 67.9 Å². The second-order valence-corrected chi connectivity index (χ2v) is 11.1. The number of methoxy groups -OCH3 is 1. The van der Waals surface area contributed by atoms with Crippen molar-refractivity contribution in [3.05, 3.63) is 69.5 Å². The SMILES string of the molecule is COc1cc(C=C2SC(=S)N(CC(C)C)C2=O)c(Br)cc1OCC(=O)Nc1cccc2ccccc12. The molecule has 0 spiro atoms. The first-order valence-electron chi connectivity index (χ1n) is 11.3. The molecule has 1 aliphatic heterocycles. The van der Waals surface area contributed by atoms with Crippen LogP contribution < -0.4 is 14.8 Å². The van der Waals surface area contributed by atoms with Gasteiger partial charge in [0, 0.05) is 22.1 Å². The third kappa shape index (κ3) is 5.91. The van der Waals surface area contributed by atoms with E-state index < -0.39 is 0 Å². The van der Waals surface area contributed by atoms with Crippen LogP contribution in [0.4, 0.5) is 5.69 Å². The fourth-order valence-electron chi connectivity index (χ4n) is 3.76. The molecule has 1 fully saturated rings. The predicted molar refractivity (Wildman–Crippen MR) is 153 cm³/mol. The number of halogens is 1. The Morgan fingerprint density at radius 2 is 1.92 bits per heavy atom. The predicted octanol–water partition coefficient (Wildman–Crippen LogP) is 6.49. The summed E-state index contributed by atoms with van der Waals surface area (Å²) < 4.78 is 12.5. The minimum absolute atomic E-state index is 0.102. The maximum Gasteiger partial charge on any atom is 0.266 e. The molecule has 0 aliphatic carbocycles. The number of nitrogens with one attached hydrogen (secondary N) is 1. The number of carbonyl (C=O) groups excluding carboxylic acids is 2. The van der Waals surface area contributed by atoms with Crippen molar-refractivity contribution in [3.8, 4) is 11.5 Å². The minimum Gasteiger partial charge on any atom is -0.493 e. The lowest BCUT2D eigenvalue weighted by molar-refractivity contribution is -0.122. The van der Waals surface area contributed by atoms with Crippen molar-refractivity contribution in [3.63, 3.8) is 0 Å². The first kappa shape index (κ1) is 26.2. The Bertz CT molecular complexity index is 1370. The molecule has 4 rings (SSSR count). The van der Waals surface area contributed by atoms with Crippen molar-refractivity contribution in [2.24, 2.45) is 5.92 Å². The zero-order chi connectivity index (χ0) is 25.8. The first-order valence-corrected chi connectivity index (χ1v) is 13.3. The summed E-state index contributed by atoms with van der Waals surface area (Å²) in [6, 6.07) is 17.1. The van der Waals surface area contributed by atoms with Gasteiger partial charge in [-0.05, 0) is 41.1 Å². The zero-order valence-electron chi connectivity index (χ0n) is 20.0. The van der Waals surface area contributed by atoms with Crippen molar-refractivity contribution in [1.29, 1.82) is 0 Å². The second kappa shape index (κ2) is 11.5. The van der Waals surface area contributed by atoms with Crippen molar-refractivity contribution in [2.75, 3.05) is 25.6 Å². The summed E-state index contributed by atoms with van der Waals surface area (Å²) in [6.45, 7) is 4.48. The smallest absolute Gasteiger partial charge is 0.266 e. The van der Waals surface area contributed by atoms with Crippen molar-refractivity contribution in [1.82, 2.24) is 4.90 Å². The molecule has 1 N–H and O–H groups in total. The molecule has 3 aromatic carbocycles. The number of hydrogen-bond acceptors (Lipinski definition) is 6. The van der Waals surface area contributed by atoms with Crippen LogP contribution in [0.1, 0.15) is 19.4 Å². The Kier molecular flexibility index (Phi) is 8.33. The van der Waals surface area contributed by atoms with Crippen LogP contribution in [-0.2, 0) is 9.59 Å². The van der Waals surface area contributed by atoms with E-state index in [1.165, 1.54) is 18.9 Å². The van der Waals surface area contributed by atoms with Gasteiger partial charge in [-0.1, -0.05) is 90.2 Å². The lowest BCUT2D eigenvalue weighted by Gasteiger charge is -2.16. The highest BCUT2D eigenvalue weighted by Gasteiger charge is 2.32. The monoisotopic (exact) mass is 584 g/mol. The summed E-state index contributed by atoms with van der Waals surface area (Å²) in [6.07, 6.45) is 1.78. The van der Waals surface area contributed by atoms with E-state index in [1.54, 1.807) is 23.1 Å². The van der Waals surface area contributed by atoms with Gasteiger partial charge in [0.2, 0.25) is 0 Å². The number of nitrogens with zero attached hydrogens (tertiary/aromatic N) is 1. The van der Waals surface area contributed by atoms with E-state index in [2.05, 4.69) is 21.2 Å². The van der Waals surface area contributed by atoms with Crippen LogP contribution in [0.15, 0.2) is 64.0 Å². The molecule has 186 valence electrons. The van der Waals surface area contributed by atoms with Gasteiger partial charge < -0.3 is 14.8 Å². The molecule has 3 aromatic rings. The third-order valence-electron chi connectivity index (χ3n) is 5.41. The molecule has 1 aliphatic rings. The van der Waals surface area contributed by atoms with E-state index in [9.17, 15) is 9.59 Å². The quantitative estimate of drug-likeness (QED) is 0.241. The lowest BCUT2D eigenvalue weighted by atomic mass is 10.1. The van der Waals surface area contributed by atoms with Gasteiger partial charge in [-0.25, -0.2) is 0 Å². The number of anilines is 1. The highest BCUT2D eigenvalue weighted by molar-refractivity contribution is 9.10. The van der Waals surface area contributed by atoms with E-state index in [4.69, 9.17) is 21.7 Å². The molecule has 6 nitrogen and oxygen atoms in total. The molecule has 0 saturated carbocycles. The number of thiocarbonyl (C=S) groups is 1. The van der Waals surface area contributed by atoms with Gasteiger partial charge in [0.1, 0.15) is 4.32 Å². The van der Waals surface area contributed by atoms with Crippen LogP contribution in [0.3, 0.4) is 0 Å². The number of rotatable bonds is 8. The average Bonchev–Trinajstić information content (AvgIpc) is 3.11. The maximum absolute atomic E-state index is 12.8. The van der Waals surface area contributed by atoms with Gasteiger partial charge in [0.15, 0.2) is 18.1 Å². The van der Waals surface area contributed by atoms with Gasteiger partial charge in [-0.3, -0.25) is 14.5 Å². The fourth-order valence-corrected chi connectivity index (χ4v) is 5.46. The van der Waals surface area contributed by atoms with Crippen LogP contribution in [0, 0.1) is 5.92 Å². The highest BCUT2D eigenvalue weighted by Crippen LogP contribution is 2.38. The fraction of sp³-hybridized carbons (Fsp3) is 0.222. The summed E-state index contributed by atoms with van der Waals surface area (Å²) in [5.41, 5.74) is 1.46. The first-order chi connectivity index (χ1) is 17.3. The largest absolute Gasteiger partial charge is 0.493 e. The number of thioether (sulfide) groups is 1. The van der Waals surface area contributed by atoms with Gasteiger partial charge in [0.05, 0.1) is 12.0 Å². The molecular weight excluding hydrogens is 560 g/mol. The van der Waals surface area contributed by atoms with Crippen LogP contribution in [0.25, 0.3) is 16.8 Å². The van der Waals surface area contributed by atoms with Gasteiger partial charge in [-0.15, -0.1) is 0 Å².